The Morgan fingerprint density at radius 1 is 1.09 bits per heavy atom. The number of anilines is 1. The number of thiophene rings is 1. The first kappa shape index (κ1) is 24.2. The van der Waals surface area contributed by atoms with Gasteiger partial charge in [0.2, 0.25) is 5.91 Å². The normalized spacial score (nSPS) is 10.8. The monoisotopic (exact) mass is 491 g/mol. The van der Waals surface area contributed by atoms with Gasteiger partial charge in [0, 0.05) is 10.8 Å². The van der Waals surface area contributed by atoms with Crippen molar-refractivity contribution in [3.8, 4) is 11.4 Å². The maximum absolute atomic E-state index is 13.5. The quantitative estimate of drug-likeness (QED) is 0.364. The maximum atomic E-state index is 13.5. The van der Waals surface area contributed by atoms with Gasteiger partial charge in [-0.3, -0.25) is 9.59 Å². The molecule has 8 nitrogen and oxygen atoms in total. The molecule has 0 fully saturated rings. The van der Waals surface area contributed by atoms with Crippen LogP contribution in [-0.2, 0) is 16.0 Å². The number of carbonyl (C=O) groups is 2. The molecule has 2 aromatic carbocycles. The molecule has 0 aliphatic rings. The minimum absolute atomic E-state index is 0.00534. The Kier molecular flexibility index (Phi) is 7.26. The first-order valence-electron chi connectivity index (χ1n) is 11.2. The standard InChI is InChI=1S/C26H25N3O5S/c1-4-33-19-11-9-18(10-12-19)29-25(31)22-20(23(28-29)26(32)34-5-2)15-35-24(22)27-21(30)14-17-8-6-7-16(3)13-17/h6-13,15H,4-5,14H2,1-3H3,(H,27,30). The first-order chi connectivity index (χ1) is 16.9. The summed E-state index contributed by atoms with van der Waals surface area (Å²) >= 11 is 1.17. The molecule has 0 bridgehead atoms. The van der Waals surface area contributed by atoms with Crippen molar-refractivity contribution in [3.63, 3.8) is 0 Å². The van der Waals surface area contributed by atoms with Crippen molar-refractivity contribution >= 4 is 39.0 Å². The van der Waals surface area contributed by atoms with Crippen molar-refractivity contribution in [1.82, 2.24) is 9.78 Å². The summed E-state index contributed by atoms with van der Waals surface area (Å²) < 4.78 is 11.8. The lowest BCUT2D eigenvalue weighted by atomic mass is 10.1. The molecule has 1 amide bonds. The van der Waals surface area contributed by atoms with Crippen molar-refractivity contribution in [2.75, 3.05) is 18.5 Å². The predicted molar refractivity (Wildman–Crippen MR) is 136 cm³/mol. The summed E-state index contributed by atoms with van der Waals surface area (Å²) in [5, 5.41) is 9.70. The third kappa shape index (κ3) is 5.25. The lowest BCUT2D eigenvalue weighted by Gasteiger charge is -2.11. The SMILES string of the molecule is CCOC(=O)c1nn(-c2ccc(OCC)cc2)c(=O)c2c(NC(=O)Cc3cccc(C)c3)scc12. The van der Waals surface area contributed by atoms with Crippen LogP contribution < -0.4 is 15.6 Å². The number of carbonyl (C=O) groups excluding carboxylic acids is 2. The molecule has 0 atom stereocenters. The summed E-state index contributed by atoms with van der Waals surface area (Å²) in [6.07, 6.45) is 0.157. The minimum atomic E-state index is -0.646. The average molecular weight is 492 g/mol. The molecule has 35 heavy (non-hydrogen) atoms. The molecule has 0 aliphatic carbocycles. The van der Waals surface area contributed by atoms with E-state index in [0.29, 0.717) is 28.4 Å². The number of hydrogen-bond acceptors (Lipinski definition) is 7. The summed E-state index contributed by atoms with van der Waals surface area (Å²) in [5.74, 6) is -0.260. The van der Waals surface area contributed by atoms with Gasteiger partial charge in [-0.15, -0.1) is 11.3 Å². The zero-order chi connectivity index (χ0) is 24.9. The summed E-state index contributed by atoms with van der Waals surface area (Å²) in [5.41, 5.74) is 1.92. The summed E-state index contributed by atoms with van der Waals surface area (Å²) in [4.78, 5) is 39.0. The van der Waals surface area contributed by atoms with E-state index >= 15 is 0 Å². The van der Waals surface area contributed by atoms with Gasteiger partial charge in [0.05, 0.1) is 30.7 Å². The highest BCUT2D eigenvalue weighted by molar-refractivity contribution is 7.16. The fourth-order valence-electron chi connectivity index (χ4n) is 3.70. The molecular weight excluding hydrogens is 466 g/mol. The molecule has 4 rings (SSSR count). The maximum Gasteiger partial charge on any atom is 0.359 e. The van der Waals surface area contributed by atoms with Crippen LogP contribution in [0.3, 0.4) is 0 Å². The number of nitrogens with one attached hydrogen (secondary N) is 1. The molecule has 0 radical (unpaired) electrons. The Labute approximate surface area is 206 Å². The van der Waals surface area contributed by atoms with Gasteiger partial charge in [0.1, 0.15) is 10.8 Å². The van der Waals surface area contributed by atoms with Gasteiger partial charge in [-0.25, -0.2) is 4.79 Å². The zero-order valence-electron chi connectivity index (χ0n) is 19.7. The number of aryl methyl sites for hydroxylation is 1. The molecule has 0 saturated heterocycles. The number of nitrogens with zero attached hydrogens (tertiary/aromatic N) is 2. The van der Waals surface area contributed by atoms with E-state index in [-0.39, 0.29) is 30.0 Å². The van der Waals surface area contributed by atoms with Crippen LogP contribution in [0.25, 0.3) is 16.5 Å². The third-order valence-electron chi connectivity index (χ3n) is 5.21. The van der Waals surface area contributed by atoms with Gasteiger partial charge in [0.15, 0.2) is 5.69 Å². The van der Waals surface area contributed by atoms with Crippen molar-refractivity contribution in [2.24, 2.45) is 0 Å². The van der Waals surface area contributed by atoms with Crippen LogP contribution in [0.2, 0.25) is 0 Å². The van der Waals surface area contributed by atoms with Crippen LogP contribution >= 0.6 is 11.3 Å². The fraction of sp³-hybridized carbons (Fsp3) is 0.231. The number of benzene rings is 2. The molecule has 1 N–H and O–H groups in total. The Balaban J connectivity index is 1.77. The Bertz CT molecular complexity index is 1440. The van der Waals surface area contributed by atoms with Crippen LogP contribution in [0.1, 0.15) is 35.5 Å². The van der Waals surface area contributed by atoms with Gasteiger partial charge < -0.3 is 14.8 Å². The molecule has 180 valence electrons. The molecule has 9 heteroatoms. The number of aromatic nitrogens is 2. The van der Waals surface area contributed by atoms with Crippen LogP contribution in [-0.4, -0.2) is 34.9 Å². The molecule has 2 heterocycles. The highest BCUT2D eigenvalue weighted by atomic mass is 32.1. The van der Waals surface area contributed by atoms with E-state index in [0.717, 1.165) is 15.8 Å². The Hall–Kier alpha value is -3.98. The molecule has 0 saturated carbocycles. The Morgan fingerprint density at radius 2 is 1.86 bits per heavy atom. The first-order valence-corrected chi connectivity index (χ1v) is 12.1. The lowest BCUT2D eigenvalue weighted by Crippen LogP contribution is -2.25. The van der Waals surface area contributed by atoms with Crippen LogP contribution in [0.15, 0.2) is 58.7 Å². The molecule has 0 spiro atoms. The summed E-state index contributed by atoms with van der Waals surface area (Å²) in [6.45, 7) is 6.21. The van der Waals surface area contributed by atoms with E-state index < -0.39 is 11.5 Å². The highest BCUT2D eigenvalue weighted by Gasteiger charge is 2.23. The van der Waals surface area contributed by atoms with E-state index in [1.165, 1.54) is 11.3 Å². The van der Waals surface area contributed by atoms with Crippen LogP contribution in [0, 0.1) is 6.92 Å². The van der Waals surface area contributed by atoms with Gasteiger partial charge >= 0.3 is 5.97 Å². The van der Waals surface area contributed by atoms with Crippen molar-refractivity contribution in [3.05, 3.63) is 81.1 Å². The second kappa shape index (κ2) is 10.5. The van der Waals surface area contributed by atoms with E-state index in [4.69, 9.17) is 9.47 Å². The van der Waals surface area contributed by atoms with Gasteiger partial charge in [-0.2, -0.15) is 9.78 Å². The molecule has 4 aromatic rings. The van der Waals surface area contributed by atoms with Crippen molar-refractivity contribution in [2.45, 2.75) is 27.2 Å². The van der Waals surface area contributed by atoms with Gasteiger partial charge in [-0.05, 0) is 50.6 Å². The van der Waals surface area contributed by atoms with E-state index in [1.54, 1.807) is 36.6 Å². The number of ether oxygens (including phenoxy) is 2. The van der Waals surface area contributed by atoms with E-state index in [1.807, 2.05) is 38.1 Å². The minimum Gasteiger partial charge on any atom is -0.494 e. The van der Waals surface area contributed by atoms with Crippen molar-refractivity contribution in [1.29, 1.82) is 0 Å². The van der Waals surface area contributed by atoms with Crippen LogP contribution in [0.5, 0.6) is 5.75 Å². The van der Waals surface area contributed by atoms with Crippen LogP contribution in [0.4, 0.5) is 5.00 Å². The molecule has 2 aromatic heterocycles. The van der Waals surface area contributed by atoms with Gasteiger partial charge in [0.25, 0.3) is 5.56 Å². The Morgan fingerprint density at radius 3 is 2.54 bits per heavy atom. The molecule has 0 aliphatic heterocycles. The largest absolute Gasteiger partial charge is 0.494 e. The number of hydrogen-bond donors (Lipinski definition) is 1. The number of fused-ring (bicyclic) bond motifs is 1. The fourth-order valence-corrected chi connectivity index (χ4v) is 4.65. The molecular formula is C26H25N3O5S. The third-order valence-corrected chi connectivity index (χ3v) is 6.11. The number of rotatable bonds is 8. The second-order valence-electron chi connectivity index (χ2n) is 7.78. The highest BCUT2D eigenvalue weighted by Crippen LogP contribution is 2.31. The summed E-state index contributed by atoms with van der Waals surface area (Å²) in [6, 6.07) is 14.5. The number of amides is 1. The average Bonchev–Trinajstić information content (AvgIpc) is 3.24. The van der Waals surface area contributed by atoms with Crippen molar-refractivity contribution < 1.29 is 19.1 Å². The molecule has 0 unspecified atom stereocenters. The topological polar surface area (TPSA) is 99.5 Å². The predicted octanol–water partition coefficient (Wildman–Crippen LogP) is 4.51. The summed E-state index contributed by atoms with van der Waals surface area (Å²) in [7, 11) is 0. The lowest BCUT2D eigenvalue weighted by molar-refractivity contribution is -0.115. The van der Waals surface area contributed by atoms with E-state index in [9.17, 15) is 14.4 Å². The van der Waals surface area contributed by atoms with E-state index in [2.05, 4.69) is 10.4 Å². The smallest absolute Gasteiger partial charge is 0.359 e. The van der Waals surface area contributed by atoms with Gasteiger partial charge in [-0.1, -0.05) is 29.8 Å². The zero-order valence-corrected chi connectivity index (χ0v) is 20.5. The number of esters is 1. The second-order valence-corrected chi connectivity index (χ2v) is 8.66.